The van der Waals surface area contributed by atoms with Crippen LogP contribution in [-0.4, -0.2) is 40.0 Å². The van der Waals surface area contributed by atoms with E-state index in [0.717, 1.165) is 6.54 Å². The van der Waals surface area contributed by atoms with Crippen molar-refractivity contribution in [2.24, 2.45) is 0 Å². The van der Waals surface area contributed by atoms with Crippen molar-refractivity contribution in [3.8, 4) is 0 Å². The Kier molecular flexibility index (Phi) is 3.61. The SMILES string of the molecule is C=CC[N+]1(C)CC[SiH](c2ccccc2)CC1. The summed E-state index contributed by atoms with van der Waals surface area (Å²) in [5, 5.41) is 1.66. The minimum absolute atomic E-state index is 0.642. The first-order valence-corrected chi connectivity index (χ1v) is 8.44. The number of likely N-dealkylation sites (N-methyl/N-ethyl adjacent to an activating group) is 1. The lowest BCUT2D eigenvalue weighted by molar-refractivity contribution is -0.901. The van der Waals surface area contributed by atoms with E-state index in [0.29, 0.717) is 0 Å². The van der Waals surface area contributed by atoms with Crippen LogP contribution in [0.25, 0.3) is 0 Å². The Morgan fingerprint density at radius 2 is 1.88 bits per heavy atom. The lowest BCUT2D eigenvalue weighted by Crippen LogP contribution is -2.53. The predicted molar refractivity (Wildman–Crippen MR) is 73.8 cm³/mol. The lowest BCUT2D eigenvalue weighted by atomic mass is 10.3. The van der Waals surface area contributed by atoms with Crippen LogP contribution < -0.4 is 5.19 Å². The molecule has 2 rings (SSSR count). The van der Waals surface area contributed by atoms with Crippen molar-refractivity contribution in [2.75, 3.05) is 26.7 Å². The molecule has 1 aliphatic heterocycles. The van der Waals surface area contributed by atoms with Gasteiger partial charge in [-0.05, 0) is 18.2 Å². The van der Waals surface area contributed by atoms with Gasteiger partial charge in [0.25, 0.3) is 0 Å². The molecule has 0 aromatic heterocycles. The van der Waals surface area contributed by atoms with Crippen LogP contribution in [0.5, 0.6) is 0 Å². The highest BCUT2D eigenvalue weighted by molar-refractivity contribution is 6.73. The Hall–Kier alpha value is -0.863. The molecule has 1 aliphatic rings. The molecule has 1 nitrogen and oxygen atoms in total. The van der Waals surface area contributed by atoms with Gasteiger partial charge in [-0.1, -0.05) is 42.1 Å². The van der Waals surface area contributed by atoms with Crippen molar-refractivity contribution in [2.45, 2.75) is 12.1 Å². The van der Waals surface area contributed by atoms with Crippen molar-refractivity contribution in [3.05, 3.63) is 43.0 Å². The minimum atomic E-state index is -0.642. The van der Waals surface area contributed by atoms with Crippen molar-refractivity contribution in [3.63, 3.8) is 0 Å². The van der Waals surface area contributed by atoms with E-state index in [2.05, 4.69) is 50.0 Å². The van der Waals surface area contributed by atoms with Gasteiger partial charge >= 0.3 is 0 Å². The molecule has 1 aromatic rings. The number of hydrogen-bond donors (Lipinski definition) is 0. The summed E-state index contributed by atoms with van der Waals surface area (Å²) in [5.74, 6) is 0. The molecule has 1 aromatic carbocycles. The Balaban J connectivity index is 1.98. The molecule has 1 saturated heterocycles. The fraction of sp³-hybridized carbons (Fsp3) is 0.429. The van der Waals surface area contributed by atoms with Crippen LogP contribution in [0.1, 0.15) is 0 Å². The molecule has 0 radical (unpaired) electrons. The minimum Gasteiger partial charge on any atom is -0.323 e. The summed E-state index contributed by atoms with van der Waals surface area (Å²) in [6, 6.07) is 14.1. The van der Waals surface area contributed by atoms with Gasteiger partial charge in [0.05, 0.1) is 35.5 Å². The molecule has 0 amide bonds. The summed E-state index contributed by atoms with van der Waals surface area (Å²) in [4.78, 5) is 0. The second kappa shape index (κ2) is 4.98. The first-order chi connectivity index (χ1) is 7.73. The molecular weight excluding hydrogens is 210 g/mol. The van der Waals surface area contributed by atoms with Gasteiger partial charge in [0.2, 0.25) is 0 Å². The Bertz CT molecular complexity index is 339. The molecule has 2 heteroatoms. The third-order valence-electron chi connectivity index (χ3n) is 3.88. The molecule has 0 unspecified atom stereocenters. The van der Waals surface area contributed by atoms with E-state index in [1.807, 2.05) is 0 Å². The quantitative estimate of drug-likeness (QED) is 0.423. The van der Waals surface area contributed by atoms with Gasteiger partial charge in [-0.2, -0.15) is 0 Å². The zero-order chi connectivity index (χ0) is 11.4. The molecule has 0 bridgehead atoms. The lowest BCUT2D eigenvalue weighted by Gasteiger charge is -2.39. The topological polar surface area (TPSA) is 0 Å². The molecule has 0 atom stereocenters. The summed E-state index contributed by atoms with van der Waals surface area (Å²) in [6.45, 7) is 7.70. The van der Waals surface area contributed by atoms with Gasteiger partial charge in [0, 0.05) is 0 Å². The zero-order valence-corrected chi connectivity index (χ0v) is 11.4. The summed E-state index contributed by atoms with van der Waals surface area (Å²) >= 11 is 0. The van der Waals surface area contributed by atoms with Crippen LogP contribution in [0, 0.1) is 0 Å². The monoisotopic (exact) mass is 232 g/mol. The highest BCUT2D eigenvalue weighted by Crippen LogP contribution is 2.17. The average Bonchev–Trinajstić information content (AvgIpc) is 2.31. The second-order valence-electron chi connectivity index (χ2n) is 5.22. The summed E-state index contributed by atoms with van der Waals surface area (Å²) in [5.41, 5.74) is 0. The van der Waals surface area contributed by atoms with E-state index < -0.39 is 8.80 Å². The van der Waals surface area contributed by atoms with E-state index in [1.165, 1.54) is 29.7 Å². The van der Waals surface area contributed by atoms with Crippen LogP contribution in [0.2, 0.25) is 12.1 Å². The average molecular weight is 232 g/mol. The molecule has 0 N–H and O–H groups in total. The molecular formula is C14H22NSi+. The van der Waals surface area contributed by atoms with Crippen molar-refractivity contribution >= 4 is 14.0 Å². The second-order valence-corrected chi connectivity index (χ2v) is 8.44. The maximum atomic E-state index is 3.87. The number of rotatable bonds is 3. The van der Waals surface area contributed by atoms with Crippen LogP contribution in [-0.2, 0) is 0 Å². The highest BCUT2D eigenvalue weighted by atomic mass is 28.3. The number of nitrogens with zero attached hydrogens (tertiary/aromatic N) is 1. The van der Waals surface area contributed by atoms with E-state index in [-0.39, 0.29) is 0 Å². The molecule has 86 valence electrons. The smallest absolute Gasteiger partial charge is 0.0968 e. The van der Waals surface area contributed by atoms with Gasteiger partial charge < -0.3 is 4.48 Å². The number of quaternary nitrogens is 1. The number of hydrogen-bond acceptors (Lipinski definition) is 0. The Morgan fingerprint density at radius 1 is 1.25 bits per heavy atom. The van der Waals surface area contributed by atoms with Gasteiger partial charge in [-0.3, -0.25) is 0 Å². The maximum absolute atomic E-state index is 3.87. The largest absolute Gasteiger partial charge is 0.323 e. The standard InChI is InChI=1S/C14H22NSi/c1-3-9-15(2)10-12-16(13-11-15)14-7-5-4-6-8-14/h3-8,16H,1,9-13H2,2H3/q+1. The molecule has 0 spiro atoms. The van der Waals surface area contributed by atoms with Crippen LogP contribution in [0.4, 0.5) is 0 Å². The molecule has 0 aliphatic carbocycles. The van der Waals surface area contributed by atoms with E-state index in [4.69, 9.17) is 0 Å². The van der Waals surface area contributed by atoms with Gasteiger partial charge in [0.1, 0.15) is 0 Å². The van der Waals surface area contributed by atoms with E-state index in [1.54, 1.807) is 5.19 Å². The first-order valence-electron chi connectivity index (χ1n) is 6.23. The normalized spacial score (nSPS) is 29.9. The maximum Gasteiger partial charge on any atom is 0.0968 e. The van der Waals surface area contributed by atoms with Crippen molar-refractivity contribution in [1.82, 2.24) is 0 Å². The van der Waals surface area contributed by atoms with Gasteiger partial charge in [-0.25, -0.2) is 0 Å². The fourth-order valence-electron chi connectivity index (χ4n) is 2.74. The van der Waals surface area contributed by atoms with Gasteiger partial charge in [0.15, 0.2) is 0 Å². The van der Waals surface area contributed by atoms with Crippen LogP contribution in [0.3, 0.4) is 0 Å². The van der Waals surface area contributed by atoms with E-state index >= 15 is 0 Å². The highest BCUT2D eigenvalue weighted by Gasteiger charge is 2.30. The summed E-state index contributed by atoms with van der Waals surface area (Å²) < 4.78 is 1.21. The van der Waals surface area contributed by atoms with Crippen molar-refractivity contribution < 1.29 is 4.48 Å². The Labute approximate surface area is 101 Å². The van der Waals surface area contributed by atoms with Crippen LogP contribution in [0.15, 0.2) is 43.0 Å². The zero-order valence-electron chi connectivity index (χ0n) is 10.2. The van der Waals surface area contributed by atoms with Crippen LogP contribution >= 0.6 is 0 Å². The molecule has 16 heavy (non-hydrogen) atoms. The Morgan fingerprint density at radius 3 is 2.44 bits per heavy atom. The molecule has 0 saturated carbocycles. The number of benzene rings is 1. The summed E-state index contributed by atoms with van der Waals surface area (Å²) in [7, 11) is 1.73. The summed E-state index contributed by atoms with van der Waals surface area (Å²) in [6.07, 6.45) is 2.07. The third kappa shape index (κ3) is 2.63. The first kappa shape index (κ1) is 11.6. The van der Waals surface area contributed by atoms with Gasteiger partial charge in [-0.15, -0.1) is 0 Å². The molecule has 1 heterocycles. The third-order valence-corrected chi connectivity index (χ3v) is 7.11. The fourth-order valence-corrected chi connectivity index (χ4v) is 6.34. The van der Waals surface area contributed by atoms with Crippen molar-refractivity contribution in [1.29, 1.82) is 0 Å². The van der Waals surface area contributed by atoms with E-state index in [9.17, 15) is 0 Å². The molecule has 1 fully saturated rings. The predicted octanol–water partition coefficient (Wildman–Crippen LogP) is 1.77.